The van der Waals surface area contributed by atoms with E-state index >= 15 is 0 Å². The highest BCUT2D eigenvalue weighted by molar-refractivity contribution is 8.01. The average molecular weight is 372 g/mol. The number of carbonyl (C=O) groups excluding carboxylic acids is 2. The van der Waals surface area contributed by atoms with Crippen LogP contribution in [0.15, 0.2) is 53.4 Å². The number of thioether (sulfide) groups is 1. The molecule has 0 saturated heterocycles. The molecule has 1 aliphatic rings. The molecule has 1 amide bonds. The summed E-state index contributed by atoms with van der Waals surface area (Å²) in [4.78, 5) is 36.0. The Balaban J connectivity index is 1.60. The number of fused-ring (bicyclic) bond motifs is 1. The molecule has 0 fully saturated rings. The van der Waals surface area contributed by atoms with E-state index in [-0.39, 0.29) is 11.4 Å². The van der Waals surface area contributed by atoms with Crippen LogP contribution >= 0.6 is 11.8 Å². The number of nitro groups is 1. The molecular weight excluding hydrogens is 356 g/mol. The molecule has 7 nitrogen and oxygen atoms in total. The molecule has 134 valence electrons. The van der Waals surface area contributed by atoms with Gasteiger partial charge in [-0.2, -0.15) is 0 Å². The summed E-state index contributed by atoms with van der Waals surface area (Å²) in [6.07, 6.45) is -0.510. The molecule has 0 radical (unpaired) electrons. The Kier molecular flexibility index (Phi) is 5.22. The van der Waals surface area contributed by atoms with Crippen molar-refractivity contribution < 1.29 is 19.2 Å². The van der Waals surface area contributed by atoms with Gasteiger partial charge >= 0.3 is 5.97 Å². The summed E-state index contributed by atoms with van der Waals surface area (Å²) in [7, 11) is 0. The lowest BCUT2D eigenvalue weighted by Gasteiger charge is -2.15. The minimum absolute atomic E-state index is 0.0630. The normalized spacial score (nSPS) is 16.4. The highest BCUT2D eigenvalue weighted by atomic mass is 32.2. The predicted octanol–water partition coefficient (Wildman–Crippen LogP) is 3.18. The Morgan fingerprint density at radius 1 is 1.23 bits per heavy atom. The maximum absolute atomic E-state index is 12.3. The molecule has 0 bridgehead atoms. The van der Waals surface area contributed by atoms with Gasteiger partial charge in [-0.25, -0.2) is 0 Å². The van der Waals surface area contributed by atoms with Crippen molar-refractivity contribution in [1.29, 1.82) is 0 Å². The predicted molar refractivity (Wildman–Crippen MR) is 97.1 cm³/mol. The zero-order valence-corrected chi connectivity index (χ0v) is 14.7. The Morgan fingerprint density at radius 3 is 2.65 bits per heavy atom. The van der Waals surface area contributed by atoms with Crippen molar-refractivity contribution in [2.45, 2.75) is 29.6 Å². The largest absolute Gasteiger partial charge is 0.452 e. The number of amides is 1. The van der Waals surface area contributed by atoms with Gasteiger partial charge in [0.1, 0.15) is 10.9 Å². The Labute approximate surface area is 153 Å². The number of rotatable bonds is 5. The number of ether oxygens (including phenoxy) is 1. The molecule has 1 heterocycles. The van der Waals surface area contributed by atoms with Crippen LogP contribution in [0.2, 0.25) is 0 Å². The van der Waals surface area contributed by atoms with Crippen molar-refractivity contribution in [3.8, 4) is 0 Å². The Morgan fingerprint density at radius 2 is 1.92 bits per heavy atom. The molecule has 2 aromatic rings. The van der Waals surface area contributed by atoms with Crippen LogP contribution in [-0.2, 0) is 20.7 Å². The minimum Gasteiger partial charge on any atom is -0.452 e. The molecule has 2 aromatic carbocycles. The number of nitro benzene ring substituents is 1. The van der Waals surface area contributed by atoms with Gasteiger partial charge in [0.15, 0.2) is 6.10 Å². The molecule has 0 aliphatic carbocycles. The van der Waals surface area contributed by atoms with Crippen molar-refractivity contribution in [2.24, 2.45) is 0 Å². The topological polar surface area (TPSA) is 98.5 Å². The van der Waals surface area contributed by atoms with Gasteiger partial charge in [0, 0.05) is 11.0 Å². The van der Waals surface area contributed by atoms with Crippen molar-refractivity contribution in [3.63, 3.8) is 0 Å². The molecule has 1 aliphatic heterocycles. The monoisotopic (exact) mass is 372 g/mol. The van der Waals surface area contributed by atoms with E-state index in [0.29, 0.717) is 6.42 Å². The third-order valence-corrected chi connectivity index (χ3v) is 5.23. The molecule has 0 spiro atoms. The maximum Gasteiger partial charge on any atom is 0.320 e. The molecule has 3 rings (SSSR count). The first kappa shape index (κ1) is 17.9. The SMILES string of the molecule is CC(OC(=O)C1Cc2ccccc2S1)C(=O)Nc1ccccc1[N+](=O)[O-]. The van der Waals surface area contributed by atoms with Crippen LogP contribution in [0.25, 0.3) is 0 Å². The number of esters is 1. The van der Waals surface area contributed by atoms with Crippen LogP contribution in [-0.4, -0.2) is 28.2 Å². The van der Waals surface area contributed by atoms with Crippen molar-refractivity contribution in [3.05, 3.63) is 64.2 Å². The second kappa shape index (κ2) is 7.57. The summed E-state index contributed by atoms with van der Waals surface area (Å²) in [6, 6.07) is 13.5. The molecule has 1 N–H and O–H groups in total. The van der Waals surface area contributed by atoms with Gasteiger partial charge in [-0.15, -0.1) is 11.8 Å². The first-order valence-corrected chi connectivity index (χ1v) is 8.83. The van der Waals surface area contributed by atoms with E-state index in [1.165, 1.54) is 36.9 Å². The van der Waals surface area contributed by atoms with E-state index in [4.69, 9.17) is 4.74 Å². The number of anilines is 1. The van der Waals surface area contributed by atoms with E-state index in [2.05, 4.69) is 5.32 Å². The van der Waals surface area contributed by atoms with Gasteiger partial charge in [0.05, 0.1) is 4.92 Å². The van der Waals surface area contributed by atoms with E-state index < -0.39 is 28.2 Å². The van der Waals surface area contributed by atoms with Gasteiger partial charge in [-0.05, 0) is 31.0 Å². The van der Waals surface area contributed by atoms with Crippen LogP contribution < -0.4 is 5.32 Å². The van der Waals surface area contributed by atoms with Crippen molar-refractivity contribution in [2.75, 3.05) is 5.32 Å². The number of hydrogen-bond donors (Lipinski definition) is 1. The van der Waals surface area contributed by atoms with Gasteiger partial charge in [0.2, 0.25) is 0 Å². The summed E-state index contributed by atoms with van der Waals surface area (Å²) < 4.78 is 5.26. The van der Waals surface area contributed by atoms with Gasteiger partial charge in [0.25, 0.3) is 11.6 Å². The fourth-order valence-corrected chi connectivity index (χ4v) is 3.77. The first-order valence-electron chi connectivity index (χ1n) is 7.95. The zero-order chi connectivity index (χ0) is 18.7. The maximum atomic E-state index is 12.3. The van der Waals surface area contributed by atoms with Crippen LogP contribution in [0.1, 0.15) is 12.5 Å². The lowest BCUT2D eigenvalue weighted by Crippen LogP contribution is -2.33. The van der Waals surface area contributed by atoms with E-state index in [0.717, 1.165) is 10.5 Å². The fourth-order valence-electron chi connectivity index (χ4n) is 2.59. The van der Waals surface area contributed by atoms with Gasteiger partial charge in [-0.1, -0.05) is 30.3 Å². The van der Waals surface area contributed by atoms with Crippen molar-refractivity contribution >= 4 is 35.0 Å². The zero-order valence-electron chi connectivity index (χ0n) is 13.9. The number of nitrogens with one attached hydrogen (secondary N) is 1. The quantitative estimate of drug-likeness (QED) is 0.492. The summed E-state index contributed by atoms with van der Waals surface area (Å²) in [5.41, 5.74) is 0.922. The fraction of sp³-hybridized carbons (Fsp3) is 0.222. The standard InChI is InChI=1S/C18H16N2O5S/c1-11(17(21)19-13-7-3-4-8-14(13)20(23)24)25-18(22)16-10-12-6-2-5-9-15(12)26-16/h2-9,11,16H,10H2,1H3,(H,19,21). The minimum atomic E-state index is -1.06. The highest BCUT2D eigenvalue weighted by Gasteiger charge is 2.31. The Hall–Kier alpha value is -2.87. The second-order valence-electron chi connectivity index (χ2n) is 5.76. The van der Waals surface area contributed by atoms with E-state index in [1.54, 1.807) is 6.07 Å². The van der Waals surface area contributed by atoms with Crippen LogP contribution in [0.5, 0.6) is 0 Å². The van der Waals surface area contributed by atoms with Crippen LogP contribution in [0, 0.1) is 10.1 Å². The third-order valence-electron chi connectivity index (χ3n) is 3.93. The summed E-state index contributed by atoms with van der Waals surface area (Å²) in [6.45, 7) is 1.44. The van der Waals surface area contributed by atoms with Crippen molar-refractivity contribution in [1.82, 2.24) is 0 Å². The number of carbonyl (C=O) groups is 2. The van der Waals surface area contributed by atoms with Crippen LogP contribution in [0.3, 0.4) is 0 Å². The molecule has 2 atom stereocenters. The first-order chi connectivity index (χ1) is 12.5. The average Bonchev–Trinajstić information content (AvgIpc) is 3.06. The number of hydrogen-bond acceptors (Lipinski definition) is 6. The summed E-state index contributed by atoms with van der Waals surface area (Å²) in [5, 5.41) is 13.0. The van der Waals surface area contributed by atoms with E-state index in [1.807, 2.05) is 24.3 Å². The molecule has 2 unspecified atom stereocenters. The van der Waals surface area contributed by atoms with Gasteiger partial charge < -0.3 is 10.1 Å². The lowest BCUT2D eigenvalue weighted by molar-refractivity contribution is -0.383. The highest BCUT2D eigenvalue weighted by Crippen LogP contribution is 2.37. The molecule has 26 heavy (non-hydrogen) atoms. The molecule has 0 aromatic heterocycles. The number of benzene rings is 2. The Bertz CT molecular complexity index is 845. The second-order valence-corrected chi connectivity index (χ2v) is 7.01. The number of nitrogens with zero attached hydrogens (tertiary/aromatic N) is 1. The molecular formula is C18H16N2O5S. The summed E-state index contributed by atoms with van der Waals surface area (Å²) in [5.74, 6) is -1.09. The van der Waals surface area contributed by atoms with Crippen LogP contribution in [0.4, 0.5) is 11.4 Å². The molecule has 0 saturated carbocycles. The van der Waals surface area contributed by atoms with E-state index in [9.17, 15) is 19.7 Å². The molecule has 8 heteroatoms. The van der Waals surface area contributed by atoms with Gasteiger partial charge in [-0.3, -0.25) is 19.7 Å². The summed E-state index contributed by atoms with van der Waals surface area (Å²) >= 11 is 1.41. The smallest absolute Gasteiger partial charge is 0.320 e. The number of para-hydroxylation sites is 2. The lowest BCUT2D eigenvalue weighted by atomic mass is 10.1. The third kappa shape index (κ3) is 3.85.